The van der Waals surface area contributed by atoms with Gasteiger partial charge in [0, 0.05) is 24.4 Å². The second-order valence-electron chi connectivity index (χ2n) is 5.82. The highest BCUT2D eigenvalue weighted by Crippen LogP contribution is 2.35. The van der Waals surface area contributed by atoms with Crippen LogP contribution in [0.3, 0.4) is 0 Å². The molecular formula is C15H24N2. The number of hydrogen-bond donors (Lipinski definition) is 0. The maximum absolute atomic E-state index is 4.68. The van der Waals surface area contributed by atoms with Gasteiger partial charge in [-0.25, -0.2) is 4.98 Å². The Bertz CT molecular complexity index is 311. The van der Waals surface area contributed by atoms with Gasteiger partial charge in [-0.3, -0.25) is 0 Å². The van der Waals surface area contributed by atoms with Gasteiger partial charge in [0.05, 0.1) is 0 Å². The largest absolute Gasteiger partial charge is 0.332 e. The van der Waals surface area contributed by atoms with Gasteiger partial charge >= 0.3 is 0 Å². The molecule has 0 radical (unpaired) electrons. The number of aromatic nitrogens is 2. The van der Waals surface area contributed by atoms with Gasteiger partial charge in [-0.15, -0.1) is 0 Å². The SMILES string of the molecule is c1cn(C2CCCCC2)c(C2CCCCC2)n1. The lowest BCUT2D eigenvalue weighted by atomic mass is 9.88. The first-order valence-corrected chi connectivity index (χ1v) is 7.48. The molecule has 1 aromatic heterocycles. The number of imidazole rings is 1. The van der Waals surface area contributed by atoms with Gasteiger partial charge in [0.15, 0.2) is 0 Å². The second kappa shape index (κ2) is 5.24. The predicted octanol–water partition coefficient (Wildman–Crippen LogP) is 4.44. The van der Waals surface area contributed by atoms with Crippen LogP contribution in [0.25, 0.3) is 0 Å². The van der Waals surface area contributed by atoms with Crippen molar-refractivity contribution in [1.29, 1.82) is 0 Å². The molecule has 0 unspecified atom stereocenters. The van der Waals surface area contributed by atoms with Gasteiger partial charge in [0.1, 0.15) is 5.82 Å². The predicted molar refractivity (Wildman–Crippen MR) is 70.2 cm³/mol. The van der Waals surface area contributed by atoms with Crippen molar-refractivity contribution < 1.29 is 0 Å². The lowest BCUT2D eigenvalue weighted by Gasteiger charge is -2.28. The van der Waals surface area contributed by atoms with Crippen LogP contribution in [0.2, 0.25) is 0 Å². The van der Waals surface area contributed by atoms with Gasteiger partial charge in [-0.05, 0) is 25.7 Å². The first kappa shape index (κ1) is 11.3. The minimum absolute atomic E-state index is 0.751. The summed E-state index contributed by atoms with van der Waals surface area (Å²) in [5.74, 6) is 2.15. The van der Waals surface area contributed by atoms with Crippen molar-refractivity contribution >= 4 is 0 Å². The second-order valence-corrected chi connectivity index (χ2v) is 5.82. The highest BCUT2D eigenvalue weighted by atomic mass is 15.1. The summed E-state index contributed by atoms with van der Waals surface area (Å²) in [5.41, 5.74) is 0. The van der Waals surface area contributed by atoms with Crippen LogP contribution in [0.4, 0.5) is 0 Å². The average Bonchev–Trinajstić information content (AvgIpc) is 2.90. The molecule has 0 atom stereocenters. The van der Waals surface area contributed by atoms with Crippen LogP contribution in [-0.2, 0) is 0 Å². The van der Waals surface area contributed by atoms with Gasteiger partial charge in [-0.1, -0.05) is 38.5 Å². The Hall–Kier alpha value is -0.790. The molecule has 17 heavy (non-hydrogen) atoms. The third kappa shape index (κ3) is 2.41. The standard InChI is InChI=1S/C15H24N2/c1-3-7-13(8-4-1)15-16-11-12-17(15)14-9-5-2-6-10-14/h11-14H,1-10H2. The fraction of sp³-hybridized carbons (Fsp3) is 0.800. The molecule has 0 aromatic carbocycles. The van der Waals surface area contributed by atoms with Gasteiger partial charge in [0.25, 0.3) is 0 Å². The molecule has 2 aliphatic carbocycles. The molecule has 2 saturated carbocycles. The highest BCUT2D eigenvalue weighted by Gasteiger charge is 2.23. The summed E-state index contributed by atoms with van der Waals surface area (Å²) in [7, 11) is 0. The third-order valence-corrected chi connectivity index (χ3v) is 4.64. The topological polar surface area (TPSA) is 17.8 Å². The van der Waals surface area contributed by atoms with Gasteiger partial charge in [0.2, 0.25) is 0 Å². The van der Waals surface area contributed by atoms with E-state index >= 15 is 0 Å². The van der Waals surface area contributed by atoms with Crippen LogP contribution < -0.4 is 0 Å². The van der Waals surface area contributed by atoms with E-state index in [-0.39, 0.29) is 0 Å². The van der Waals surface area contributed by atoms with Crippen molar-refractivity contribution in [3.63, 3.8) is 0 Å². The summed E-state index contributed by atoms with van der Waals surface area (Å²) in [5, 5.41) is 0. The van der Waals surface area contributed by atoms with Crippen molar-refractivity contribution in [3.8, 4) is 0 Å². The maximum atomic E-state index is 4.68. The van der Waals surface area contributed by atoms with Crippen LogP contribution in [0.5, 0.6) is 0 Å². The van der Waals surface area contributed by atoms with Crippen molar-refractivity contribution in [2.75, 3.05) is 0 Å². The van der Waals surface area contributed by atoms with E-state index in [9.17, 15) is 0 Å². The maximum Gasteiger partial charge on any atom is 0.112 e. The van der Waals surface area contributed by atoms with Gasteiger partial charge in [-0.2, -0.15) is 0 Å². The van der Waals surface area contributed by atoms with E-state index in [2.05, 4.69) is 15.7 Å². The Kier molecular flexibility index (Phi) is 3.49. The fourth-order valence-corrected chi connectivity index (χ4v) is 3.67. The Balaban J connectivity index is 1.77. The molecule has 0 bridgehead atoms. The molecule has 2 aliphatic rings. The van der Waals surface area contributed by atoms with E-state index < -0.39 is 0 Å². The molecule has 0 saturated heterocycles. The quantitative estimate of drug-likeness (QED) is 0.737. The van der Waals surface area contributed by atoms with Crippen LogP contribution in [0, 0.1) is 0 Å². The molecule has 2 nitrogen and oxygen atoms in total. The summed E-state index contributed by atoms with van der Waals surface area (Å²) >= 11 is 0. The molecule has 0 N–H and O–H groups in total. The molecule has 94 valence electrons. The summed E-state index contributed by atoms with van der Waals surface area (Å²) in [4.78, 5) is 4.68. The van der Waals surface area contributed by atoms with E-state index in [1.54, 1.807) is 0 Å². The van der Waals surface area contributed by atoms with E-state index in [1.807, 2.05) is 6.20 Å². The fourth-order valence-electron chi connectivity index (χ4n) is 3.67. The molecule has 2 fully saturated rings. The molecule has 1 heterocycles. The lowest BCUT2D eigenvalue weighted by Crippen LogP contribution is -2.18. The number of rotatable bonds is 2. The Morgan fingerprint density at radius 1 is 0.882 bits per heavy atom. The van der Waals surface area contributed by atoms with Crippen LogP contribution in [-0.4, -0.2) is 9.55 Å². The minimum atomic E-state index is 0.751. The molecular weight excluding hydrogens is 208 g/mol. The zero-order valence-electron chi connectivity index (χ0n) is 10.8. The Labute approximate surface area is 104 Å². The first-order chi connectivity index (χ1) is 8.45. The summed E-state index contributed by atoms with van der Waals surface area (Å²) < 4.78 is 2.52. The normalized spacial score (nSPS) is 24.0. The zero-order chi connectivity index (χ0) is 11.5. The molecule has 2 heteroatoms. The van der Waals surface area contributed by atoms with Crippen molar-refractivity contribution in [2.24, 2.45) is 0 Å². The summed E-state index contributed by atoms with van der Waals surface area (Å²) in [6.45, 7) is 0. The van der Waals surface area contributed by atoms with E-state index in [4.69, 9.17) is 0 Å². The van der Waals surface area contributed by atoms with Crippen molar-refractivity contribution in [2.45, 2.75) is 76.2 Å². The van der Waals surface area contributed by atoms with Crippen molar-refractivity contribution in [3.05, 3.63) is 18.2 Å². The monoisotopic (exact) mass is 232 g/mol. The third-order valence-electron chi connectivity index (χ3n) is 4.64. The highest BCUT2D eigenvalue weighted by molar-refractivity contribution is 5.04. The summed E-state index contributed by atoms with van der Waals surface area (Å²) in [6, 6.07) is 0.753. The number of nitrogens with zero attached hydrogens (tertiary/aromatic N) is 2. The first-order valence-electron chi connectivity index (χ1n) is 7.48. The zero-order valence-corrected chi connectivity index (χ0v) is 10.8. The van der Waals surface area contributed by atoms with E-state index in [1.165, 1.54) is 70.0 Å². The molecule has 0 spiro atoms. The van der Waals surface area contributed by atoms with E-state index in [0.717, 1.165) is 12.0 Å². The lowest BCUT2D eigenvalue weighted by molar-refractivity contribution is 0.327. The molecule has 1 aromatic rings. The summed E-state index contributed by atoms with van der Waals surface area (Å²) in [6.07, 6.45) is 18.2. The van der Waals surface area contributed by atoms with Crippen molar-refractivity contribution in [1.82, 2.24) is 9.55 Å². The molecule has 0 amide bonds. The molecule has 3 rings (SSSR count). The van der Waals surface area contributed by atoms with Crippen LogP contribution >= 0.6 is 0 Å². The van der Waals surface area contributed by atoms with E-state index in [0.29, 0.717) is 0 Å². The smallest absolute Gasteiger partial charge is 0.112 e. The van der Waals surface area contributed by atoms with Crippen LogP contribution in [0.1, 0.15) is 82.0 Å². The molecule has 0 aliphatic heterocycles. The Morgan fingerprint density at radius 2 is 1.53 bits per heavy atom. The Morgan fingerprint density at radius 3 is 2.24 bits per heavy atom. The minimum Gasteiger partial charge on any atom is -0.332 e. The average molecular weight is 232 g/mol. The van der Waals surface area contributed by atoms with Crippen LogP contribution in [0.15, 0.2) is 12.4 Å². The van der Waals surface area contributed by atoms with Gasteiger partial charge < -0.3 is 4.57 Å². The number of hydrogen-bond acceptors (Lipinski definition) is 1.